The minimum absolute atomic E-state index is 0.110. The maximum absolute atomic E-state index is 12.2. The number of halogens is 3. The number of ether oxygens (including phenoxy) is 1. The van der Waals surface area contributed by atoms with Crippen molar-refractivity contribution in [2.24, 2.45) is 5.92 Å². The molecule has 4 nitrogen and oxygen atoms in total. The molecule has 0 spiro atoms. The summed E-state index contributed by atoms with van der Waals surface area (Å²) in [5, 5.41) is 8.95. The minimum atomic E-state index is -2.85. The molecule has 0 atom stereocenters. The third kappa shape index (κ3) is 4.64. The standard InChI is InChI=1S/C14H16BrF2NO3/c15-11-7-9(1-2-12(11)21-14(16)17)8-18-5-3-10(4-6-18)13(19)20/h1-2,7,10,14H,3-6,8H2,(H,19,20). The van der Waals surface area contributed by atoms with E-state index in [9.17, 15) is 13.6 Å². The Kier molecular flexibility index (Phi) is 5.52. The molecular weight excluding hydrogens is 348 g/mol. The molecule has 1 fully saturated rings. The summed E-state index contributed by atoms with van der Waals surface area (Å²) in [6, 6.07) is 5.00. The van der Waals surface area contributed by atoms with Crippen molar-refractivity contribution in [2.45, 2.75) is 26.0 Å². The van der Waals surface area contributed by atoms with E-state index in [2.05, 4.69) is 25.6 Å². The summed E-state index contributed by atoms with van der Waals surface area (Å²) < 4.78 is 29.2. The van der Waals surface area contributed by atoms with E-state index in [0.29, 0.717) is 23.9 Å². The SMILES string of the molecule is O=C(O)C1CCN(Cc2ccc(OC(F)F)c(Br)c2)CC1. The van der Waals surface area contributed by atoms with E-state index in [1.807, 2.05) is 0 Å². The van der Waals surface area contributed by atoms with Crippen LogP contribution in [0, 0.1) is 5.92 Å². The van der Waals surface area contributed by atoms with Gasteiger partial charge in [0, 0.05) is 6.54 Å². The third-order valence-corrected chi connectivity index (χ3v) is 4.18. The van der Waals surface area contributed by atoms with Crippen LogP contribution in [-0.4, -0.2) is 35.7 Å². The molecular formula is C14H16BrF2NO3. The molecule has 0 unspecified atom stereocenters. The molecule has 0 aliphatic carbocycles. The smallest absolute Gasteiger partial charge is 0.387 e. The fourth-order valence-electron chi connectivity index (χ4n) is 2.43. The lowest BCUT2D eigenvalue weighted by Gasteiger charge is -2.30. The lowest BCUT2D eigenvalue weighted by atomic mass is 9.97. The highest BCUT2D eigenvalue weighted by molar-refractivity contribution is 9.10. The monoisotopic (exact) mass is 363 g/mol. The highest BCUT2D eigenvalue weighted by Gasteiger charge is 2.24. The molecule has 1 heterocycles. The van der Waals surface area contributed by atoms with E-state index in [4.69, 9.17) is 5.11 Å². The third-order valence-electron chi connectivity index (χ3n) is 3.56. The average Bonchev–Trinajstić information content (AvgIpc) is 2.42. The number of carboxylic acids is 1. The molecule has 21 heavy (non-hydrogen) atoms. The number of hydrogen-bond acceptors (Lipinski definition) is 3. The van der Waals surface area contributed by atoms with E-state index < -0.39 is 12.6 Å². The molecule has 2 rings (SSSR count). The van der Waals surface area contributed by atoms with Crippen LogP contribution < -0.4 is 4.74 Å². The first-order valence-corrected chi connectivity index (χ1v) is 7.43. The molecule has 1 aliphatic rings. The van der Waals surface area contributed by atoms with Crippen LogP contribution in [0.3, 0.4) is 0 Å². The average molecular weight is 364 g/mol. The Morgan fingerprint density at radius 2 is 2.10 bits per heavy atom. The Bertz CT molecular complexity index is 505. The first-order valence-electron chi connectivity index (χ1n) is 6.64. The number of rotatable bonds is 5. The van der Waals surface area contributed by atoms with E-state index in [1.54, 1.807) is 12.1 Å². The minimum Gasteiger partial charge on any atom is -0.481 e. The number of piperidine rings is 1. The second-order valence-electron chi connectivity index (χ2n) is 5.03. The van der Waals surface area contributed by atoms with Gasteiger partial charge in [-0.1, -0.05) is 6.07 Å². The Balaban J connectivity index is 1.92. The molecule has 7 heteroatoms. The molecule has 1 aliphatic heterocycles. The highest BCUT2D eigenvalue weighted by Crippen LogP contribution is 2.28. The quantitative estimate of drug-likeness (QED) is 0.871. The van der Waals surface area contributed by atoms with Crippen molar-refractivity contribution in [2.75, 3.05) is 13.1 Å². The lowest BCUT2D eigenvalue weighted by Crippen LogP contribution is -2.35. The van der Waals surface area contributed by atoms with Gasteiger partial charge in [0.25, 0.3) is 0 Å². The number of carbonyl (C=O) groups is 1. The number of nitrogens with zero attached hydrogens (tertiary/aromatic N) is 1. The van der Waals surface area contributed by atoms with Crippen LogP contribution in [0.1, 0.15) is 18.4 Å². The highest BCUT2D eigenvalue weighted by atomic mass is 79.9. The Labute approximate surface area is 129 Å². The number of aliphatic carboxylic acids is 1. The van der Waals surface area contributed by atoms with Crippen LogP contribution in [-0.2, 0) is 11.3 Å². The summed E-state index contributed by atoms with van der Waals surface area (Å²) in [7, 11) is 0. The van der Waals surface area contributed by atoms with Crippen LogP contribution in [0.4, 0.5) is 8.78 Å². The van der Waals surface area contributed by atoms with Crippen molar-refractivity contribution in [1.82, 2.24) is 4.90 Å². The topological polar surface area (TPSA) is 49.8 Å². The second kappa shape index (κ2) is 7.17. The fraction of sp³-hybridized carbons (Fsp3) is 0.500. The predicted molar refractivity (Wildman–Crippen MR) is 76.4 cm³/mol. The predicted octanol–water partition coefficient (Wildman–Crippen LogP) is 3.35. The van der Waals surface area contributed by atoms with Crippen molar-refractivity contribution >= 4 is 21.9 Å². The summed E-state index contributed by atoms with van der Waals surface area (Å²) in [5.74, 6) is -0.876. The molecule has 116 valence electrons. The molecule has 1 aromatic rings. The zero-order chi connectivity index (χ0) is 15.4. The van der Waals surface area contributed by atoms with Crippen LogP contribution in [0.5, 0.6) is 5.75 Å². The van der Waals surface area contributed by atoms with Gasteiger partial charge in [0.2, 0.25) is 0 Å². The van der Waals surface area contributed by atoms with Gasteiger partial charge in [0.05, 0.1) is 10.4 Å². The number of hydrogen-bond donors (Lipinski definition) is 1. The van der Waals surface area contributed by atoms with Gasteiger partial charge in [-0.3, -0.25) is 9.69 Å². The number of benzene rings is 1. The maximum Gasteiger partial charge on any atom is 0.387 e. The summed E-state index contributed by atoms with van der Waals surface area (Å²) in [6.07, 6.45) is 1.28. The van der Waals surface area contributed by atoms with E-state index in [0.717, 1.165) is 18.7 Å². The Morgan fingerprint density at radius 3 is 2.62 bits per heavy atom. The van der Waals surface area contributed by atoms with Crippen molar-refractivity contribution in [3.63, 3.8) is 0 Å². The van der Waals surface area contributed by atoms with Crippen molar-refractivity contribution in [3.05, 3.63) is 28.2 Å². The van der Waals surface area contributed by atoms with Crippen LogP contribution in [0.15, 0.2) is 22.7 Å². The fourth-order valence-corrected chi connectivity index (χ4v) is 2.95. The van der Waals surface area contributed by atoms with Gasteiger partial charge in [0.1, 0.15) is 5.75 Å². The van der Waals surface area contributed by atoms with Crippen LogP contribution in [0.25, 0.3) is 0 Å². The number of alkyl halides is 2. The van der Waals surface area contributed by atoms with Gasteiger partial charge in [-0.2, -0.15) is 8.78 Å². The largest absolute Gasteiger partial charge is 0.481 e. The van der Waals surface area contributed by atoms with Crippen LogP contribution in [0.2, 0.25) is 0 Å². The first kappa shape index (κ1) is 16.2. The summed E-state index contributed by atoms with van der Waals surface area (Å²) >= 11 is 3.21. The van der Waals surface area contributed by atoms with Crippen molar-refractivity contribution < 1.29 is 23.4 Å². The lowest BCUT2D eigenvalue weighted by molar-refractivity contribution is -0.143. The molecule has 0 aromatic heterocycles. The Morgan fingerprint density at radius 1 is 1.43 bits per heavy atom. The summed E-state index contributed by atoms with van der Waals surface area (Å²) in [5.41, 5.74) is 0.970. The van der Waals surface area contributed by atoms with Gasteiger partial charge < -0.3 is 9.84 Å². The van der Waals surface area contributed by atoms with Gasteiger partial charge in [0.15, 0.2) is 0 Å². The molecule has 0 amide bonds. The molecule has 1 aromatic carbocycles. The van der Waals surface area contributed by atoms with E-state index in [1.165, 1.54) is 6.07 Å². The van der Waals surface area contributed by atoms with Gasteiger partial charge in [-0.05, 0) is 59.6 Å². The van der Waals surface area contributed by atoms with Gasteiger partial charge in [-0.15, -0.1) is 0 Å². The van der Waals surface area contributed by atoms with Crippen LogP contribution >= 0.6 is 15.9 Å². The molecule has 0 bridgehead atoms. The summed E-state index contributed by atoms with van der Waals surface area (Å²) in [6.45, 7) is -0.726. The Hall–Kier alpha value is -1.21. The van der Waals surface area contributed by atoms with Crippen molar-refractivity contribution in [3.8, 4) is 5.75 Å². The normalized spacial score (nSPS) is 17.1. The summed E-state index contributed by atoms with van der Waals surface area (Å²) in [4.78, 5) is 13.1. The molecule has 1 saturated heterocycles. The van der Waals surface area contributed by atoms with Gasteiger partial charge in [-0.25, -0.2) is 0 Å². The van der Waals surface area contributed by atoms with Gasteiger partial charge >= 0.3 is 12.6 Å². The molecule has 0 saturated carbocycles. The van der Waals surface area contributed by atoms with E-state index in [-0.39, 0.29) is 11.7 Å². The number of carboxylic acid groups (broad SMARTS) is 1. The first-order chi connectivity index (χ1) is 9.95. The second-order valence-corrected chi connectivity index (χ2v) is 5.89. The maximum atomic E-state index is 12.2. The molecule has 1 N–H and O–H groups in total. The van der Waals surface area contributed by atoms with E-state index >= 15 is 0 Å². The zero-order valence-electron chi connectivity index (χ0n) is 11.3. The number of likely N-dealkylation sites (tertiary alicyclic amines) is 1. The zero-order valence-corrected chi connectivity index (χ0v) is 12.9. The van der Waals surface area contributed by atoms with Crippen molar-refractivity contribution in [1.29, 1.82) is 0 Å². The molecule has 0 radical (unpaired) electrons.